The molecule has 2 N–H and O–H groups in total. The monoisotopic (exact) mass is 622 g/mol. The van der Waals surface area contributed by atoms with Crippen LogP contribution in [0.15, 0.2) is 109 Å². The summed E-state index contributed by atoms with van der Waals surface area (Å²) in [6.45, 7) is 7.16. The molecule has 1 aliphatic rings. The number of aliphatic hydroxyl groups is 1. The standard InChI is InChI=1S/C38H42N2O6/c1-26-35(24-40(22-29-10-6-4-7-11-29)23-30-12-8-5-9-13-30)45-38(46-36(26)32-16-14-31(25-41)15-17-32)33-18-20-34(21-19-33)39-37(43)27(2)44-28(3)42/h4-21,26-27,35-36,38,41H,22-25H2,1-3H3,(H,39,43)/t26-,27+,35+,36+,38+/m1/s1. The van der Waals surface area contributed by atoms with Crippen LogP contribution < -0.4 is 5.32 Å². The van der Waals surface area contributed by atoms with Crippen molar-refractivity contribution in [3.05, 3.63) is 137 Å². The molecule has 4 aromatic rings. The van der Waals surface area contributed by atoms with Gasteiger partial charge in [-0.1, -0.05) is 104 Å². The normalized spacial score (nSPS) is 20.2. The number of benzene rings is 4. The van der Waals surface area contributed by atoms with Crippen LogP contribution in [0.2, 0.25) is 0 Å². The summed E-state index contributed by atoms with van der Waals surface area (Å²) in [5.74, 6) is -0.906. The van der Waals surface area contributed by atoms with Gasteiger partial charge >= 0.3 is 5.97 Å². The van der Waals surface area contributed by atoms with Crippen LogP contribution in [0.1, 0.15) is 61.0 Å². The number of carbonyl (C=O) groups is 2. The second kappa shape index (κ2) is 15.8. The number of amides is 1. The minimum Gasteiger partial charge on any atom is -0.453 e. The summed E-state index contributed by atoms with van der Waals surface area (Å²) in [4.78, 5) is 26.1. The zero-order chi connectivity index (χ0) is 32.5. The topological polar surface area (TPSA) is 97.3 Å². The smallest absolute Gasteiger partial charge is 0.303 e. The predicted octanol–water partition coefficient (Wildman–Crippen LogP) is 6.56. The molecule has 0 aromatic heterocycles. The van der Waals surface area contributed by atoms with Crippen LogP contribution >= 0.6 is 0 Å². The Balaban J connectivity index is 1.39. The van der Waals surface area contributed by atoms with Crippen molar-refractivity contribution in [1.82, 2.24) is 4.90 Å². The average Bonchev–Trinajstić information content (AvgIpc) is 3.06. The maximum atomic E-state index is 12.5. The third-order valence-electron chi connectivity index (χ3n) is 8.22. The van der Waals surface area contributed by atoms with Crippen LogP contribution in [-0.4, -0.2) is 40.6 Å². The van der Waals surface area contributed by atoms with Crippen molar-refractivity contribution in [2.24, 2.45) is 5.92 Å². The highest BCUT2D eigenvalue weighted by Gasteiger charge is 2.39. The van der Waals surface area contributed by atoms with Crippen molar-refractivity contribution in [3.8, 4) is 0 Å². The third-order valence-corrected chi connectivity index (χ3v) is 8.22. The van der Waals surface area contributed by atoms with Crippen molar-refractivity contribution in [1.29, 1.82) is 0 Å². The Morgan fingerprint density at radius 3 is 1.91 bits per heavy atom. The molecule has 1 fully saturated rings. The largest absolute Gasteiger partial charge is 0.453 e. The van der Waals surface area contributed by atoms with Crippen LogP contribution in [0.4, 0.5) is 5.69 Å². The van der Waals surface area contributed by atoms with Gasteiger partial charge in [-0.2, -0.15) is 0 Å². The summed E-state index contributed by atoms with van der Waals surface area (Å²) >= 11 is 0. The fourth-order valence-electron chi connectivity index (χ4n) is 5.72. The van der Waals surface area contributed by atoms with Gasteiger partial charge in [-0.15, -0.1) is 0 Å². The number of aliphatic hydroxyl groups excluding tert-OH is 1. The molecule has 5 atom stereocenters. The van der Waals surface area contributed by atoms with Gasteiger partial charge in [0.2, 0.25) is 0 Å². The van der Waals surface area contributed by atoms with E-state index < -0.39 is 24.3 Å². The molecule has 1 amide bonds. The summed E-state index contributed by atoms with van der Waals surface area (Å²) in [6.07, 6.45) is -1.98. The first-order valence-corrected chi connectivity index (χ1v) is 15.7. The maximum absolute atomic E-state index is 12.5. The molecule has 4 aromatic carbocycles. The van der Waals surface area contributed by atoms with Gasteiger partial charge in [-0.3, -0.25) is 14.5 Å². The van der Waals surface area contributed by atoms with Crippen LogP contribution in [0, 0.1) is 5.92 Å². The maximum Gasteiger partial charge on any atom is 0.303 e. The quantitative estimate of drug-likeness (QED) is 0.173. The van der Waals surface area contributed by atoms with Crippen molar-refractivity contribution in [2.75, 3.05) is 11.9 Å². The zero-order valence-electron chi connectivity index (χ0n) is 26.5. The van der Waals surface area contributed by atoms with Crippen LogP contribution in [-0.2, 0) is 43.5 Å². The van der Waals surface area contributed by atoms with E-state index in [1.165, 1.54) is 25.0 Å². The first-order chi connectivity index (χ1) is 22.3. The molecule has 0 unspecified atom stereocenters. The Kier molecular flexibility index (Phi) is 11.3. The summed E-state index contributed by atoms with van der Waals surface area (Å²) in [6, 6.07) is 36.1. The third kappa shape index (κ3) is 8.89. The number of nitrogens with zero attached hydrogens (tertiary/aromatic N) is 1. The number of nitrogens with one attached hydrogen (secondary N) is 1. The van der Waals surface area contributed by atoms with Gasteiger partial charge in [0, 0.05) is 43.7 Å². The van der Waals surface area contributed by atoms with E-state index in [1.54, 1.807) is 12.1 Å². The molecule has 8 nitrogen and oxygen atoms in total. The Bertz CT molecular complexity index is 1500. The minimum absolute atomic E-state index is 0.0200. The highest BCUT2D eigenvalue weighted by molar-refractivity contribution is 5.94. The second-order valence-corrected chi connectivity index (χ2v) is 11.8. The molecule has 46 heavy (non-hydrogen) atoms. The minimum atomic E-state index is -0.905. The Labute approximate surface area is 270 Å². The Morgan fingerprint density at radius 1 is 0.804 bits per heavy atom. The fraction of sp³-hybridized carbons (Fsp3) is 0.316. The first kappa shape index (κ1) is 33.0. The number of rotatable bonds is 12. The van der Waals surface area contributed by atoms with E-state index in [9.17, 15) is 14.7 Å². The highest BCUT2D eigenvalue weighted by Crippen LogP contribution is 2.42. The molecular formula is C38H42N2O6. The van der Waals surface area contributed by atoms with E-state index in [-0.39, 0.29) is 24.7 Å². The molecule has 8 heteroatoms. The van der Waals surface area contributed by atoms with Gasteiger partial charge in [0.25, 0.3) is 5.91 Å². The van der Waals surface area contributed by atoms with E-state index in [4.69, 9.17) is 14.2 Å². The lowest BCUT2D eigenvalue weighted by Crippen LogP contribution is -2.44. The fourth-order valence-corrected chi connectivity index (χ4v) is 5.72. The van der Waals surface area contributed by atoms with Crippen molar-refractivity contribution in [3.63, 3.8) is 0 Å². The van der Waals surface area contributed by atoms with Crippen LogP contribution in [0.3, 0.4) is 0 Å². The van der Waals surface area contributed by atoms with Gasteiger partial charge in [0.15, 0.2) is 12.4 Å². The molecule has 0 spiro atoms. The van der Waals surface area contributed by atoms with Gasteiger partial charge in [-0.05, 0) is 41.3 Å². The molecule has 1 aliphatic heterocycles. The van der Waals surface area contributed by atoms with E-state index in [2.05, 4.69) is 65.7 Å². The van der Waals surface area contributed by atoms with E-state index in [1.807, 2.05) is 48.5 Å². The molecule has 1 saturated heterocycles. The molecule has 1 heterocycles. The highest BCUT2D eigenvalue weighted by atomic mass is 16.7. The average molecular weight is 623 g/mol. The van der Waals surface area contributed by atoms with E-state index >= 15 is 0 Å². The summed E-state index contributed by atoms with van der Waals surface area (Å²) in [5.41, 5.74) is 5.70. The van der Waals surface area contributed by atoms with E-state index in [0.29, 0.717) is 12.2 Å². The number of esters is 1. The second-order valence-electron chi connectivity index (χ2n) is 11.8. The Morgan fingerprint density at radius 2 is 1.37 bits per heavy atom. The number of ether oxygens (including phenoxy) is 3. The lowest BCUT2D eigenvalue weighted by Gasteiger charge is -2.43. The van der Waals surface area contributed by atoms with Gasteiger partial charge < -0.3 is 24.6 Å². The molecular weight excluding hydrogens is 580 g/mol. The van der Waals surface area contributed by atoms with Crippen molar-refractivity contribution < 1.29 is 28.9 Å². The number of hydrogen-bond acceptors (Lipinski definition) is 7. The van der Waals surface area contributed by atoms with E-state index in [0.717, 1.165) is 29.8 Å². The molecule has 0 saturated carbocycles. The SMILES string of the molecule is CC(=O)O[C@@H](C)C(=O)Nc1ccc([C@H]2O[C@@H](CN(Cc3ccccc3)Cc3ccccc3)[C@@H](C)[C@@H](c3ccc(CO)cc3)O2)cc1. The lowest BCUT2D eigenvalue weighted by molar-refractivity contribution is -0.276. The van der Waals surface area contributed by atoms with Crippen LogP contribution in [0.25, 0.3) is 0 Å². The summed E-state index contributed by atoms with van der Waals surface area (Å²) in [5, 5.41) is 12.4. The summed E-state index contributed by atoms with van der Waals surface area (Å²) < 4.78 is 18.4. The molecule has 240 valence electrons. The van der Waals surface area contributed by atoms with Crippen molar-refractivity contribution in [2.45, 2.75) is 65.1 Å². The van der Waals surface area contributed by atoms with Crippen LogP contribution in [0.5, 0.6) is 0 Å². The van der Waals surface area contributed by atoms with Gasteiger partial charge in [-0.25, -0.2) is 0 Å². The van der Waals surface area contributed by atoms with Gasteiger partial charge in [0.05, 0.1) is 18.8 Å². The number of hydrogen-bond donors (Lipinski definition) is 2. The Hall–Kier alpha value is -4.34. The molecule has 0 radical (unpaired) electrons. The number of anilines is 1. The summed E-state index contributed by atoms with van der Waals surface area (Å²) in [7, 11) is 0. The zero-order valence-corrected chi connectivity index (χ0v) is 26.5. The first-order valence-electron chi connectivity index (χ1n) is 15.7. The van der Waals surface area contributed by atoms with Gasteiger partial charge in [0.1, 0.15) is 0 Å². The number of carbonyl (C=O) groups excluding carboxylic acids is 2. The molecule has 0 aliphatic carbocycles. The molecule has 5 rings (SSSR count). The van der Waals surface area contributed by atoms with Crippen molar-refractivity contribution >= 4 is 17.6 Å². The lowest BCUT2D eigenvalue weighted by atomic mass is 9.89. The molecule has 0 bridgehead atoms. The predicted molar refractivity (Wildman–Crippen MR) is 176 cm³/mol.